The zero-order valence-electron chi connectivity index (χ0n) is 15.0. The van der Waals surface area contributed by atoms with Gasteiger partial charge in [0.2, 0.25) is 0 Å². The molecule has 0 saturated carbocycles. The minimum absolute atomic E-state index is 0.00627. The molecule has 29 heavy (non-hydrogen) atoms. The standard InChI is InChI=1S/C19H14BClFN5O2/c20-13-5-11(1-2-14(13)22)8-24-18(28)15-7-16(27-10-26-15)19(29)25-9-12-3-4-23-17(21)6-12/h1-7,10H,8-9H2,(H,24,28)(H,25,29). The van der Waals surface area contributed by atoms with Gasteiger partial charge in [0.15, 0.2) is 0 Å². The van der Waals surface area contributed by atoms with E-state index < -0.39 is 17.6 Å². The fraction of sp³-hybridized carbons (Fsp3) is 0.105. The molecule has 0 atom stereocenters. The first-order valence-electron chi connectivity index (χ1n) is 8.45. The predicted molar refractivity (Wildman–Crippen MR) is 105 cm³/mol. The molecule has 0 aliphatic rings. The minimum Gasteiger partial charge on any atom is -0.347 e. The Morgan fingerprint density at radius 3 is 2.14 bits per heavy atom. The molecule has 0 bridgehead atoms. The summed E-state index contributed by atoms with van der Waals surface area (Å²) in [5, 5.41) is 5.63. The van der Waals surface area contributed by atoms with E-state index in [1.165, 1.54) is 30.5 Å². The van der Waals surface area contributed by atoms with Crippen molar-refractivity contribution >= 4 is 36.7 Å². The second-order valence-corrected chi connectivity index (χ2v) is 6.38. The van der Waals surface area contributed by atoms with E-state index in [0.717, 1.165) is 11.9 Å². The van der Waals surface area contributed by atoms with Crippen LogP contribution >= 0.6 is 11.6 Å². The van der Waals surface area contributed by atoms with Gasteiger partial charge in [0.1, 0.15) is 36.5 Å². The molecule has 0 aliphatic carbocycles. The Labute approximate surface area is 172 Å². The minimum atomic E-state index is -0.527. The van der Waals surface area contributed by atoms with Crippen LogP contribution in [0.3, 0.4) is 0 Å². The lowest BCUT2D eigenvalue weighted by atomic mass is 9.93. The Morgan fingerprint density at radius 2 is 1.55 bits per heavy atom. The van der Waals surface area contributed by atoms with Crippen LogP contribution in [0.25, 0.3) is 0 Å². The highest BCUT2D eigenvalue weighted by molar-refractivity contribution is 6.32. The first-order chi connectivity index (χ1) is 13.9. The Bertz CT molecular complexity index is 1070. The van der Waals surface area contributed by atoms with Crippen molar-refractivity contribution in [3.05, 3.63) is 82.4 Å². The van der Waals surface area contributed by atoms with Crippen LogP contribution in [0.2, 0.25) is 5.15 Å². The van der Waals surface area contributed by atoms with E-state index in [4.69, 9.17) is 19.4 Å². The molecule has 3 aromatic rings. The van der Waals surface area contributed by atoms with Gasteiger partial charge in [0, 0.05) is 25.4 Å². The Hall–Kier alpha value is -3.33. The normalized spacial score (nSPS) is 10.4. The second-order valence-electron chi connectivity index (χ2n) is 6.00. The van der Waals surface area contributed by atoms with Crippen molar-refractivity contribution in [1.82, 2.24) is 25.6 Å². The number of nitrogens with one attached hydrogen (secondary N) is 2. The van der Waals surface area contributed by atoms with Gasteiger partial charge in [0.05, 0.1) is 0 Å². The number of benzene rings is 1. The van der Waals surface area contributed by atoms with Crippen LogP contribution in [-0.4, -0.2) is 34.6 Å². The molecule has 3 rings (SSSR count). The van der Waals surface area contributed by atoms with Gasteiger partial charge in [-0.1, -0.05) is 29.2 Å². The predicted octanol–water partition coefficient (Wildman–Crippen LogP) is 1.32. The Kier molecular flexibility index (Phi) is 6.51. The summed E-state index contributed by atoms with van der Waals surface area (Å²) in [6.07, 6.45) is 2.66. The van der Waals surface area contributed by atoms with Gasteiger partial charge in [-0.2, -0.15) is 0 Å². The number of halogens is 2. The van der Waals surface area contributed by atoms with E-state index in [2.05, 4.69) is 25.6 Å². The maximum atomic E-state index is 13.2. The van der Waals surface area contributed by atoms with Crippen molar-refractivity contribution in [3.63, 3.8) is 0 Å². The number of carbonyl (C=O) groups excluding carboxylic acids is 2. The molecule has 10 heteroatoms. The Morgan fingerprint density at radius 1 is 0.931 bits per heavy atom. The second kappa shape index (κ2) is 9.25. The van der Waals surface area contributed by atoms with Gasteiger partial charge < -0.3 is 10.6 Å². The van der Waals surface area contributed by atoms with Gasteiger partial charge in [0.25, 0.3) is 11.8 Å². The first-order valence-corrected chi connectivity index (χ1v) is 8.83. The van der Waals surface area contributed by atoms with Crippen LogP contribution in [0.4, 0.5) is 4.39 Å². The summed E-state index contributed by atoms with van der Waals surface area (Å²) in [7, 11) is 5.51. The highest BCUT2D eigenvalue weighted by Crippen LogP contribution is 2.07. The van der Waals surface area contributed by atoms with Crippen molar-refractivity contribution in [2.45, 2.75) is 13.1 Å². The molecule has 0 aliphatic heterocycles. The molecule has 2 radical (unpaired) electrons. The largest absolute Gasteiger partial charge is 0.347 e. The van der Waals surface area contributed by atoms with E-state index in [1.54, 1.807) is 12.1 Å². The number of nitrogens with zero attached hydrogens (tertiary/aromatic N) is 3. The summed E-state index contributed by atoms with van der Waals surface area (Å²) < 4.78 is 13.2. The molecule has 144 valence electrons. The van der Waals surface area contributed by atoms with Crippen LogP contribution < -0.4 is 16.1 Å². The van der Waals surface area contributed by atoms with E-state index in [9.17, 15) is 14.0 Å². The average molecular weight is 410 g/mol. The van der Waals surface area contributed by atoms with E-state index >= 15 is 0 Å². The van der Waals surface area contributed by atoms with Crippen LogP contribution in [-0.2, 0) is 13.1 Å². The number of pyridine rings is 1. The maximum Gasteiger partial charge on any atom is 0.270 e. The molecule has 2 amide bonds. The maximum absolute atomic E-state index is 13.2. The average Bonchev–Trinajstić information content (AvgIpc) is 2.72. The fourth-order valence-electron chi connectivity index (χ4n) is 2.41. The highest BCUT2D eigenvalue weighted by atomic mass is 35.5. The smallest absolute Gasteiger partial charge is 0.270 e. The molecule has 2 N–H and O–H groups in total. The lowest BCUT2D eigenvalue weighted by molar-refractivity contribution is 0.0944. The van der Waals surface area contributed by atoms with Gasteiger partial charge in [-0.3, -0.25) is 9.59 Å². The molecule has 0 unspecified atom stereocenters. The first kappa shape index (κ1) is 20.4. The summed E-state index contributed by atoms with van der Waals surface area (Å²) in [5.41, 5.74) is 1.45. The van der Waals surface area contributed by atoms with E-state index in [1.807, 2.05) is 0 Å². The summed E-state index contributed by atoms with van der Waals surface area (Å²) in [5.74, 6) is -1.51. The van der Waals surface area contributed by atoms with Crippen molar-refractivity contribution in [3.8, 4) is 0 Å². The van der Waals surface area contributed by atoms with Crippen LogP contribution in [0.15, 0.2) is 48.9 Å². The summed E-state index contributed by atoms with van der Waals surface area (Å²) >= 11 is 5.81. The van der Waals surface area contributed by atoms with Gasteiger partial charge in [-0.15, -0.1) is 0 Å². The summed E-state index contributed by atoms with van der Waals surface area (Å²) in [4.78, 5) is 36.2. The molecular formula is C19H14BClFN5O2. The van der Waals surface area contributed by atoms with Gasteiger partial charge in [-0.05, 0) is 29.3 Å². The topological polar surface area (TPSA) is 96.9 Å². The number of rotatable bonds is 6. The summed E-state index contributed by atoms with van der Waals surface area (Å²) in [6, 6.07) is 8.79. The zero-order valence-corrected chi connectivity index (χ0v) is 15.8. The molecule has 0 fully saturated rings. The fourth-order valence-corrected chi connectivity index (χ4v) is 2.60. The quantitative estimate of drug-likeness (QED) is 0.473. The summed E-state index contributed by atoms with van der Waals surface area (Å²) in [6.45, 7) is 0.343. The molecule has 7 nitrogen and oxygen atoms in total. The number of hydrogen-bond donors (Lipinski definition) is 2. The molecule has 0 spiro atoms. The van der Waals surface area contributed by atoms with Crippen molar-refractivity contribution in [2.24, 2.45) is 0 Å². The third kappa shape index (κ3) is 5.58. The van der Waals surface area contributed by atoms with Crippen LogP contribution in [0.5, 0.6) is 0 Å². The number of carbonyl (C=O) groups is 2. The lowest BCUT2D eigenvalue weighted by Crippen LogP contribution is -2.27. The van der Waals surface area contributed by atoms with Crippen LogP contribution in [0.1, 0.15) is 32.1 Å². The van der Waals surface area contributed by atoms with E-state index in [-0.39, 0.29) is 29.9 Å². The Balaban J connectivity index is 1.61. The SMILES string of the molecule is [B]c1cc(CNC(=O)c2cc(C(=O)NCc3ccnc(Cl)c3)ncn2)ccc1F. The number of hydrogen-bond acceptors (Lipinski definition) is 5. The zero-order chi connectivity index (χ0) is 20.8. The lowest BCUT2D eigenvalue weighted by Gasteiger charge is -2.08. The number of aromatic nitrogens is 3. The molecule has 2 heterocycles. The van der Waals surface area contributed by atoms with Crippen molar-refractivity contribution in [1.29, 1.82) is 0 Å². The molecule has 1 aromatic carbocycles. The molecule has 0 saturated heterocycles. The third-order valence-corrected chi connectivity index (χ3v) is 4.10. The molecular weight excluding hydrogens is 396 g/mol. The number of amides is 2. The van der Waals surface area contributed by atoms with Crippen molar-refractivity contribution in [2.75, 3.05) is 0 Å². The van der Waals surface area contributed by atoms with Gasteiger partial charge >= 0.3 is 0 Å². The van der Waals surface area contributed by atoms with E-state index in [0.29, 0.717) is 10.7 Å². The van der Waals surface area contributed by atoms with Crippen LogP contribution in [0, 0.1) is 5.82 Å². The monoisotopic (exact) mass is 409 g/mol. The third-order valence-electron chi connectivity index (χ3n) is 3.89. The van der Waals surface area contributed by atoms with Gasteiger partial charge in [-0.25, -0.2) is 19.3 Å². The highest BCUT2D eigenvalue weighted by Gasteiger charge is 2.13. The van der Waals surface area contributed by atoms with Crippen molar-refractivity contribution < 1.29 is 14.0 Å². The molecule has 2 aromatic heterocycles.